The molecule has 1 atom stereocenters. The highest BCUT2D eigenvalue weighted by molar-refractivity contribution is 5.84. The molecule has 2 aromatic rings. The van der Waals surface area contributed by atoms with Gasteiger partial charge in [-0.2, -0.15) is 0 Å². The van der Waals surface area contributed by atoms with Gasteiger partial charge in [0.05, 0.1) is 12.5 Å². The zero-order valence-electron chi connectivity index (χ0n) is 15.9. The number of carbonyl (C=O) groups is 1. The average molecular weight is 368 g/mol. The first-order valence-electron chi connectivity index (χ1n) is 9.50. The van der Waals surface area contributed by atoms with Crippen LogP contribution >= 0.6 is 0 Å². The van der Waals surface area contributed by atoms with Crippen molar-refractivity contribution < 1.29 is 14.6 Å². The van der Waals surface area contributed by atoms with Gasteiger partial charge >= 0.3 is 0 Å². The summed E-state index contributed by atoms with van der Waals surface area (Å²) in [6.07, 6.45) is 0.632. The fourth-order valence-corrected chi connectivity index (χ4v) is 3.53. The maximum Gasteiger partial charge on any atom is 0.230 e. The Bertz CT molecular complexity index is 710. The van der Waals surface area contributed by atoms with Crippen LogP contribution in [0.15, 0.2) is 54.6 Å². The van der Waals surface area contributed by atoms with Crippen LogP contribution in [0, 0.1) is 0 Å². The summed E-state index contributed by atoms with van der Waals surface area (Å²) in [6, 6.07) is 17.1. The molecule has 3 rings (SSSR count). The number of ether oxygens (including phenoxy) is 1. The van der Waals surface area contributed by atoms with E-state index in [2.05, 4.69) is 4.90 Å². The van der Waals surface area contributed by atoms with Crippen molar-refractivity contribution in [3.05, 3.63) is 65.7 Å². The van der Waals surface area contributed by atoms with Gasteiger partial charge in [-0.3, -0.25) is 9.69 Å². The van der Waals surface area contributed by atoms with Crippen molar-refractivity contribution in [3.8, 4) is 5.75 Å². The molecule has 5 heteroatoms. The van der Waals surface area contributed by atoms with Crippen LogP contribution < -0.4 is 0 Å². The molecule has 1 heterocycles. The van der Waals surface area contributed by atoms with Gasteiger partial charge in [-0.05, 0) is 29.7 Å². The fraction of sp³-hybridized carbons (Fsp3) is 0.409. The Hall–Kier alpha value is -2.37. The monoisotopic (exact) mass is 368 g/mol. The standard InChI is InChI=1S/C22H28N2O3/c1-27-16-15-23-11-13-24(14-12-23)22(26)21(19-5-3-2-4-6-19)17-18-7-9-20(25)10-8-18/h2-10,21,25H,11-17H2,1H3. The van der Waals surface area contributed by atoms with E-state index >= 15 is 0 Å². The molecule has 2 aromatic carbocycles. The topological polar surface area (TPSA) is 53.0 Å². The molecule has 0 spiro atoms. The van der Waals surface area contributed by atoms with Gasteiger partial charge in [0.1, 0.15) is 5.75 Å². The molecule has 1 aliphatic rings. The quantitative estimate of drug-likeness (QED) is 0.816. The summed E-state index contributed by atoms with van der Waals surface area (Å²) in [4.78, 5) is 17.6. The second-order valence-electron chi connectivity index (χ2n) is 6.99. The molecule has 1 aliphatic heterocycles. The van der Waals surface area contributed by atoms with Gasteiger partial charge in [-0.15, -0.1) is 0 Å². The van der Waals surface area contributed by atoms with E-state index in [1.807, 2.05) is 47.4 Å². The normalized spacial score (nSPS) is 16.3. The third-order valence-corrected chi connectivity index (χ3v) is 5.17. The highest BCUT2D eigenvalue weighted by atomic mass is 16.5. The highest BCUT2D eigenvalue weighted by Gasteiger charge is 2.28. The molecule has 1 fully saturated rings. The number of aromatic hydroxyl groups is 1. The predicted octanol–water partition coefficient (Wildman–Crippen LogP) is 2.51. The highest BCUT2D eigenvalue weighted by Crippen LogP contribution is 2.25. The van der Waals surface area contributed by atoms with E-state index in [4.69, 9.17) is 4.74 Å². The largest absolute Gasteiger partial charge is 0.508 e. The van der Waals surface area contributed by atoms with Crippen LogP contribution in [0.4, 0.5) is 0 Å². The average Bonchev–Trinajstić information content (AvgIpc) is 2.72. The molecule has 0 radical (unpaired) electrons. The van der Waals surface area contributed by atoms with Crippen LogP contribution in [-0.4, -0.2) is 67.3 Å². The zero-order valence-corrected chi connectivity index (χ0v) is 15.9. The molecule has 0 bridgehead atoms. The molecule has 1 N–H and O–H groups in total. The lowest BCUT2D eigenvalue weighted by Gasteiger charge is -2.36. The molecular formula is C22H28N2O3. The van der Waals surface area contributed by atoms with E-state index in [0.29, 0.717) is 6.42 Å². The van der Waals surface area contributed by atoms with Crippen molar-refractivity contribution in [1.82, 2.24) is 9.80 Å². The van der Waals surface area contributed by atoms with Crippen molar-refractivity contribution >= 4 is 5.91 Å². The zero-order chi connectivity index (χ0) is 19.1. The Labute approximate surface area is 161 Å². The number of nitrogens with zero attached hydrogens (tertiary/aromatic N) is 2. The van der Waals surface area contributed by atoms with E-state index in [9.17, 15) is 9.90 Å². The first-order chi connectivity index (χ1) is 13.2. The summed E-state index contributed by atoms with van der Waals surface area (Å²) in [5.74, 6) is 0.218. The Kier molecular flexibility index (Phi) is 6.85. The number of hydrogen-bond acceptors (Lipinski definition) is 4. The molecule has 0 aliphatic carbocycles. The van der Waals surface area contributed by atoms with Crippen LogP contribution in [0.1, 0.15) is 17.0 Å². The number of hydrogen-bond donors (Lipinski definition) is 1. The first kappa shape index (κ1) is 19.4. The van der Waals surface area contributed by atoms with E-state index in [0.717, 1.165) is 50.5 Å². The summed E-state index contributed by atoms with van der Waals surface area (Å²) >= 11 is 0. The lowest BCUT2D eigenvalue weighted by atomic mass is 9.90. The summed E-state index contributed by atoms with van der Waals surface area (Å²) in [5, 5.41) is 9.52. The van der Waals surface area contributed by atoms with Gasteiger partial charge < -0.3 is 14.7 Å². The van der Waals surface area contributed by atoms with Crippen LogP contribution in [0.2, 0.25) is 0 Å². The molecule has 27 heavy (non-hydrogen) atoms. The third-order valence-electron chi connectivity index (χ3n) is 5.17. The second-order valence-corrected chi connectivity index (χ2v) is 6.99. The number of benzene rings is 2. The number of amides is 1. The van der Waals surface area contributed by atoms with Gasteiger partial charge in [0.15, 0.2) is 0 Å². The molecule has 0 saturated carbocycles. The van der Waals surface area contributed by atoms with Crippen LogP contribution in [0.25, 0.3) is 0 Å². The third kappa shape index (κ3) is 5.31. The molecule has 1 unspecified atom stereocenters. The molecule has 0 aromatic heterocycles. The second kappa shape index (κ2) is 9.53. The lowest BCUT2D eigenvalue weighted by molar-refractivity contribution is -0.134. The minimum atomic E-state index is -0.207. The van der Waals surface area contributed by atoms with Crippen molar-refractivity contribution in [1.29, 1.82) is 0 Å². The van der Waals surface area contributed by atoms with Gasteiger partial charge in [-0.25, -0.2) is 0 Å². The summed E-state index contributed by atoms with van der Waals surface area (Å²) in [7, 11) is 1.72. The molecule has 5 nitrogen and oxygen atoms in total. The SMILES string of the molecule is COCCN1CCN(C(=O)C(Cc2ccc(O)cc2)c2ccccc2)CC1. The van der Waals surface area contributed by atoms with Gasteiger partial charge in [0, 0.05) is 39.8 Å². The minimum Gasteiger partial charge on any atom is -0.508 e. The summed E-state index contributed by atoms with van der Waals surface area (Å²) < 4.78 is 5.15. The smallest absolute Gasteiger partial charge is 0.230 e. The van der Waals surface area contributed by atoms with Crippen molar-refractivity contribution in [2.45, 2.75) is 12.3 Å². The van der Waals surface area contributed by atoms with E-state index in [1.165, 1.54) is 0 Å². The molecule has 1 amide bonds. The van der Waals surface area contributed by atoms with E-state index < -0.39 is 0 Å². The number of piperazine rings is 1. The maximum atomic E-state index is 13.3. The van der Waals surface area contributed by atoms with Crippen molar-refractivity contribution in [2.24, 2.45) is 0 Å². The number of methoxy groups -OCH3 is 1. The van der Waals surface area contributed by atoms with Crippen molar-refractivity contribution in [3.63, 3.8) is 0 Å². The van der Waals surface area contributed by atoms with Gasteiger partial charge in [-0.1, -0.05) is 42.5 Å². The van der Waals surface area contributed by atoms with Gasteiger partial charge in [0.2, 0.25) is 5.91 Å². The number of phenols is 1. The summed E-state index contributed by atoms with van der Waals surface area (Å²) in [5.41, 5.74) is 2.09. The van der Waals surface area contributed by atoms with Gasteiger partial charge in [0.25, 0.3) is 0 Å². The number of phenolic OH excluding ortho intramolecular Hbond substituents is 1. The first-order valence-corrected chi connectivity index (χ1v) is 9.50. The van der Waals surface area contributed by atoms with Crippen molar-refractivity contribution in [2.75, 3.05) is 46.4 Å². The van der Waals surface area contributed by atoms with E-state index in [1.54, 1.807) is 19.2 Å². The Morgan fingerprint density at radius 1 is 1.04 bits per heavy atom. The Morgan fingerprint density at radius 2 is 1.70 bits per heavy atom. The molecular weight excluding hydrogens is 340 g/mol. The fourth-order valence-electron chi connectivity index (χ4n) is 3.53. The minimum absolute atomic E-state index is 0.181. The molecule has 1 saturated heterocycles. The Morgan fingerprint density at radius 3 is 2.33 bits per heavy atom. The maximum absolute atomic E-state index is 13.3. The number of rotatable bonds is 7. The lowest BCUT2D eigenvalue weighted by Crippen LogP contribution is -2.50. The Balaban J connectivity index is 1.71. The molecule has 144 valence electrons. The summed E-state index contributed by atoms with van der Waals surface area (Å²) in [6.45, 7) is 4.91. The predicted molar refractivity (Wildman–Crippen MR) is 106 cm³/mol. The van der Waals surface area contributed by atoms with Crippen LogP contribution in [0.3, 0.4) is 0 Å². The van der Waals surface area contributed by atoms with Crippen LogP contribution in [0.5, 0.6) is 5.75 Å². The van der Waals surface area contributed by atoms with E-state index in [-0.39, 0.29) is 17.6 Å². The van der Waals surface area contributed by atoms with Crippen LogP contribution in [-0.2, 0) is 16.0 Å². The number of carbonyl (C=O) groups excluding carboxylic acids is 1.